The molecule has 5 heteroatoms. The van der Waals surface area contributed by atoms with E-state index in [-0.39, 0.29) is 0 Å². The van der Waals surface area contributed by atoms with E-state index in [1.165, 1.54) is 25.7 Å². The predicted molar refractivity (Wildman–Crippen MR) is 72.6 cm³/mol. The Kier molecular flexibility index (Phi) is 3.23. The van der Waals surface area contributed by atoms with Crippen molar-refractivity contribution in [2.75, 3.05) is 0 Å². The summed E-state index contributed by atoms with van der Waals surface area (Å²) in [5.41, 5.74) is 1.06. The highest BCUT2D eigenvalue weighted by atomic mass is 32.1. The van der Waals surface area contributed by atoms with Crippen LogP contribution in [-0.4, -0.2) is 19.7 Å². The normalized spacial score (nSPS) is 14.9. The summed E-state index contributed by atoms with van der Waals surface area (Å²) in [5.74, 6) is 1.88. The Morgan fingerprint density at radius 2 is 2.11 bits per heavy atom. The fourth-order valence-electron chi connectivity index (χ4n) is 2.19. The van der Waals surface area contributed by atoms with Crippen molar-refractivity contribution in [1.29, 1.82) is 0 Å². The van der Waals surface area contributed by atoms with Gasteiger partial charge in [0.15, 0.2) is 10.6 Å². The van der Waals surface area contributed by atoms with E-state index >= 15 is 0 Å². The highest BCUT2D eigenvalue weighted by Crippen LogP contribution is 2.33. The van der Waals surface area contributed by atoms with Crippen molar-refractivity contribution in [2.24, 2.45) is 5.92 Å². The molecule has 94 valence electrons. The van der Waals surface area contributed by atoms with Gasteiger partial charge in [-0.1, -0.05) is 12.8 Å². The molecular weight excluding hydrogens is 244 g/mol. The molecule has 1 aliphatic carbocycles. The summed E-state index contributed by atoms with van der Waals surface area (Å²) in [5, 5.41) is 7.20. The monoisotopic (exact) mass is 260 g/mol. The van der Waals surface area contributed by atoms with Crippen LogP contribution in [0.2, 0.25) is 0 Å². The minimum Gasteiger partial charge on any atom is -0.300 e. The van der Waals surface area contributed by atoms with Gasteiger partial charge in [-0.3, -0.25) is 10.1 Å². The first-order chi connectivity index (χ1) is 8.84. The van der Waals surface area contributed by atoms with Crippen LogP contribution in [0.4, 0.5) is 0 Å². The van der Waals surface area contributed by atoms with Gasteiger partial charge in [0, 0.05) is 24.5 Å². The van der Waals surface area contributed by atoms with Crippen LogP contribution < -0.4 is 0 Å². The van der Waals surface area contributed by atoms with E-state index in [4.69, 9.17) is 12.2 Å². The maximum atomic E-state index is 5.30. The zero-order chi connectivity index (χ0) is 12.4. The van der Waals surface area contributed by atoms with Gasteiger partial charge in [0.25, 0.3) is 0 Å². The quantitative estimate of drug-likeness (QED) is 0.840. The summed E-state index contributed by atoms with van der Waals surface area (Å²) in [6, 6.07) is 3.92. The van der Waals surface area contributed by atoms with Crippen molar-refractivity contribution in [3.8, 4) is 11.4 Å². The molecule has 3 rings (SSSR count). The van der Waals surface area contributed by atoms with E-state index in [2.05, 4.69) is 19.7 Å². The van der Waals surface area contributed by atoms with Crippen LogP contribution in [0.5, 0.6) is 0 Å². The second kappa shape index (κ2) is 5.02. The molecular formula is C13H16N4S. The molecule has 0 atom stereocenters. The summed E-state index contributed by atoms with van der Waals surface area (Å²) in [6.07, 6.45) is 8.87. The Morgan fingerprint density at radius 1 is 1.33 bits per heavy atom. The van der Waals surface area contributed by atoms with E-state index in [0.717, 1.165) is 23.9 Å². The Hall–Kier alpha value is -1.49. The molecule has 1 aliphatic rings. The van der Waals surface area contributed by atoms with Gasteiger partial charge in [-0.05, 0) is 43.1 Å². The molecule has 2 heterocycles. The number of H-pyrrole nitrogens is 1. The third-order valence-electron chi connectivity index (χ3n) is 3.39. The van der Waals surface area contributed by atoms with Crippen molar-refractivity contribution in [1.82, 2.24) is 19.7 Å². The van der Waals surface area contributed by atoms with Crippen LogP contribution >= 0.6 is 12.2 Å². The summed E-state index contributed by atoms with van der Waals surface area (Å²) in [4.78, 5) is 4.03. The number of hydrogen-bond donors (Lipinski definition) is 1. The fraction of sp³-hybridized carbons (Fsp3) is 0.462. The molecule has 0 bridgehead atoms. The lowest BCUT2D eigenvalue weighted by molar-refractivity contribution is 0.575. The molecule has 0 aromatic carbocycles. The van der Waals surface area contributed by atoms with Crippen molar-refractivity contribution in [3.05, 3.63) is 29.3 Å². The second-order valence-corrected chi connectivity index (χ2v) is 5.21. The first-order valence-corrected chi connectivity index (χ1v) is 6.81. The molecule has 0 saturated heterocycles. The van der Waals surface area contributed by atoms with Gasteiger partial charge in [0.05, 0.1) is 0 Å². The standard InChI is InChI=1S/C13H16N4S/c18-13-16-15-12(11-5-7-14-8-6-11)17(13)9-1-2-10-3-4-10/h5-8,10H,1-4,9H2,(H,16,18). The maximum absolute atomic E-state index is 5.30. The second-order valence-electron chi connectivity index (χ2n) is 4.83. The van der Waals surface area contributed by atoms with Gasteiger partial charge in [-0.15, -0.1) is 0 Å². The van der Waals surface area contributed by atoms with Crippen LogP contribution in [0.15, 0.2) is 24.5 Å². The van der Waals surface area contributed by atoms with E-state index < -0.39 is 0 Å². The lowest BCUT2D eigenvalue weighted by Crippen LogP contribution is -2.01. The maximum Gasteiger partial charge on any atom is 0.195 e. The number of aromatic nitrogens is 4. The highest BCUT2D eigenvalue weighted by molar-refractivity contribution is 7.71. The molecule has 2 aromatic rings. The Bertz CT molecular complexity index is 568. The smallest absolute Gasteiger partial charge is 0.195 e. The van der Waals surface area contributed by atoms with Gasteiger partial charge in [0.1, 0.15) is 0 Å². The molecule has 0 unspecified atom stereocenters. The van der Waals surface area contributed by atoms with E-state index in [1.54, 1.807) is 12.4 Å². The fourth-order valence-corrected chi connectivity index (χ4v) is 2.41. The van der Waals surface area contributed by atoms with E-state index in [0.29, 0.717) is 4.77 Å². The highest BCUT2D eigenvalue weighted by Gasteiger charge is 2.20. The van der Waals surface area contributed by atoms with Crippen molar-refractivity contribution < 1.29 is 0 Å². The number of nitrogens with one attached hydrogen (secondary N) is 1. The van der Waals surface area contributed by atoms with Gasteiger partial charge in [-0.2, -0.15) is 5.10 Å². The molecule has 0 radical (unpaired) electrons. The first-order valence-electron chi connectivity index (χ1n) is 6.40. The predicted octanol–water partition coefficient (Wildman–Crippen LogP) is 3.19. The van der Waals surface area contributed by atoms with Crippen LogP contribution in [0.3, 0.4) is 0 Å². The van der Waals surface area contributed by atoms with Crippen LogP contribution in [0.25, 0.3) is 11.4 Å². The SMILES string of the molecule is S=c1[nH]nc(-c2ccncc2)n1CCCC1CC1. The van der Waals surface area contributed by atoms with Crippen molar-refractivity contribution in [3.63, 3.8) is 0 Å². The van der Waals surface area contributed by atoms with E-state index in [1.807, 2.05) is 12.1 Å². The molecule has 4 nitrogen and oxygen atoms in total. The van der Waals surface area contributed by atoms with Crippen LogP contribution in [-0.2, 0) is 6.54 Å². The topological polar surface area (TPSA) is 46.5 Å². The Labute approximate surface area is 111 Å². The summed E-state index contributed by atoms with van der Waals surface area (Å²) in [7, 11) is 0. The lowest BCUT2D eigenvalue weighted by atomic mass is 10.2. The minimum atomic E-state index is 0.706. The number of rotatable bonds is 5. The summed E-state index contributed by atoms with van der Waals surface area (Å²) < 4.78 is 2.80. The third-order valence-corrected chi connectivity index (χ3v) is 3.70. The zero-order valence-corrected chi connectivity index (χ0v) is 11.0. The number of hydrogen-bond acceptors (Lipinski definition) is 3. The minimum absolute atomic E-state index is 0.706. The van der Waals surface area contributed by atoms with Crippen LogP contribution in [0.1, 0.15) is 25.7 Å². The van der Waals surface area contributed by atoms with E-state index in [9.17, 15) is 0 Å². The van der Waals surface area contributed by atoms with Crippen molar-refractivity contribution >= 4 is 12.2 Å². The third kappa shape index (κ3) is 2.51. The Morgan fingerprint density at radius 3 is 2.83 bits per heavy atom. The van der Waals surface area contributed by atoms with Gasteiger partial charge in [-0.25, -0.2) is 0 Å². The number of nitrogens with zero attached hydrogens (tertiary/aromatic N) is 3. The summed E-state index contributed by atoms with van der Waals surface area (Å²) >= 11 is 5.30. The molecule has 1 saturated carbocycles. The number of aromatic amines is 1. The molecule has 2 aromatic heterocycles. The first kappa shape index (κ1) is 11.6. The molecule has 1 N–H and O–H groups in total. The van der Waals surface area contributed by atoms with Crippen molar-refractivity contribution in [2.45, 2.75) is 32.2 Å². The van der Waals surface area contributed by atoms with Crippen LogP contribution in [0, 0.1) is 10.7 Å². The van der Waals surface area contributed by atoms with Gasteiger partial charge >= 0.3 is 0 Å². The average Bonchev–Trinajstić information content (AvgIpc) is 3.15. The average molecular weight is 260 g/mol. The molecule has 0 spiro atoms. The molecule has 0 aliphatic heterocycles. The largest absolute Gasteiger partial charge is 0.300 e. The molecule has 18 heavy (non-hydrogen) atoms. The molecule has 0 amide bonds. The zero-order valence-electron chi connectivity index (χ0n) is 10.2. The summed E-state index contributed by atoms with van der Waals surface area (Å²) in [6.45, 7) is 0.948. The lowest BCUT2D eigenvalue weighted by Gasteiger charge is -2.06. The Balaban J connectivity index is 1.79. The number of pyridine rings is 1. The van der Waals surface area contributed by atoms with Gasteiger partial charge < -0.3 is 4.57 Å². The molecule has 1 fully saturated rings. The van der Waals surface area contributed by atoms with Gasteiger partial charge in [0.2, 0.25) is 0 Å².